The zero-order valence-electron chi connectivity index (χ0n) is 13.6. The number of hydrogen-bond donors (Lipinski definition) is 2. The Bertz CT molecular complexity index is 635. The molecule has 1 fully saturated rings. The molecule has 0 aromatic heterocycles. The second-order valence-corrected chi connectivity index (χ2v) is 6.50. The van der Waals surface area contributed by atoms with Crippen molar-refractivity contribution < 1.29 is 4.79 Å². The van der Waals surface area contributed by atoms with E-state index in [0.717, 1.165) is 31.4 Å². The van der Waals surface area contributed by atoms with Gasteiger partial charge in [0.1, 0.15) is 0 Å². The van der Waals surface area contributed by atoms with Crippen molar-refractivity contribution >= 4 is 5.91 Å². The smallest absolute Gasteiger partial charge is 0.237 e. The fraction of sp³-hybridized carbons (Fsp3) is 0.350. The van der Waals surface area contributed by atoms with E-state index in [2.05, 4.69) is 41.8 Å². The summed E-state index contributed by atoms with van der Waals surface area (Å²) < 4.78 is 0. The van der Waals surface area contributed by atoms with Gasteiger partial charge in [-0.2, -0.15) is 0 Å². The molecule has 1 heterocycles. The van der Waals surface area contributed by atoms with E-state index in [4.69, 9.17) is 0 Å². The van der Waals surface area contributed by atoms with E-state index in [0.29, 0.717) is 0 Å². The molecule has 1 amide bonds. The third-order valence-corrected chi connectivity index (χ3v) is 4.59. The molecule has 3 rings (SSSR count). The summed E-state index contributed by atoms with van der Waals surface area (Å²) in [5.41, 5.74) is 1.94. The van der Waals surface area contributed by atoms with Crippen molar-refractivity contribution in [2.75, 3.05) is 6.54 Å². The van der Waals surface area contributed by atoms with Crippen molar-refractivity contribution in [2.45, 2.75) is 37.8 Å². The van der Waals surface area contributed by atoms with E-state index in [1.165, 1.54) is 5.56 Å². The molecule has 120 valence electrons. The number of carbonyl (C=O) groups is 1. The lowest BCUT2D eigenvalue weighted by Crippen LogP contribution is -2.51. The molecule has 2 aromatic rings. The lowest BCUT2D eigenvalue weighted by atomic mass is 9.85. The minimum atomic E-state index is -0.413. The van der Waals surface area contributed by atoms with Gasteiger partial charge in [-0.1, -0.05) is 60.7 Å². The fourth-order valence-corrected chi connectivity index (χ4v) is 3.30. The van der Waals surface area contributed by atoms with Crippen LogP contribution in [-0.4, -0.2) is 18.5 Å². The Morgan fingerprint density at radius 2 is 1.78 bits per heavy atom. The van der Waals surface area contributed by atoms with Crippen LogP contribution in [0.5, 0.6) is 0 Å². The highest BCUT2D eigenvalue weighted by atomic mass is 16.2. The second kappa shape index (κ2) is 6.97. The van der Waals surface area contributed by atoms with Gasteiger partial charge in [-0.3, -0.25) is 4.79 Å². The third-order valence-electron chi connectivity index (χ3n) is 4.59. The predicted molar refractivity (Wildman–Crippen MR) is 93.1 cm³/mol. The maximum Gasteiger partial charge on any atom is 0.237 e. The molecule has 1 unspecified atom stereocenters. The Hall–Kier alpha value is -2.13. The van der Waals surface area contributed by atoms with Crippen molar-refractivity contribution in [3.63, 3.8) is 0 Å². The third kappa shape index (κ3) is 3.80. The molecule has 23 heavy (non-hydrogen) atoms. The van der Waals surface area contributed by atoms with Gasteiger partial charge in [0.05, 0.1) is 11.6 Å². The number of carbonyl (C=O) groups excluding carboxylic acids is 1. The molecule has 2 atom stereocenters. The average molecular weight is 308 g/mol. The number of nitrogens with one attached hydrogen (secondary N) is 2. The Balaban J connectivity index is 1.85. The van der Waals surface area contributed by atoms with Crippen LogP contribution >= 0.6 is 0 Å². The normalized spacial score (nSPS) is 20.0. The first kappa shape index (κ1) is 15.8. The highest BCUT2D eigenvalue weighted by molar-refractivity contribution is 5.83. The number of rotatable bonds is 5. The van der Waals surface area contributed by atoms with E-state index >= 15 is 0 Å². The molecular weight excluding hydrogens is 284 g/mol. The molecule has 3 heteroatoms. The van der Waals surface area contributed by atoms with Crippen LogP contribution in [0, 0.1) is 0 Å². The molecule has 0 saturated carbocycles. The molecule has 1 aliphatic heterocycles. The van der Waals surface area contributed by atoms with Gasteiger partial charge in [-0.15, -0.1) is 0 Å². The van der Waals surface area contributed by atoms with Gasteiger partial charge in [-0.25, -0.2) is 0 Å². The van der Waals surface area contributed by atoms with E-state index < -0.39 is 5.54 Å². The summed E-state index contributed by atoms with van der Waals surface area (Å²) in [7, 11) is 0. The maximum absolute atomic E-state index is 12.7. The Morgan fingerprint density at radius 1 is 1.13 bits per heavy atom. The minimum absolute atomic E-state index is 0.0613. The SMILES string of the molecule is CC(Cc1ccccc1)(NC(=O)[C@@H]1CCCN1)c1ccccc1. The van der Waals surface area contributed by atoms with Crippen molar-refractivity contribution in [1.29, 1.82) is 0 Å². The Kier molecular flexibility index (Phi) is 4.77. The molecule has 2 aromatic carbocycles. The van der Waals surface area contributed by atoms with Crippen LogP contribution in [0.1, 0.15) is 30.9 Å². The van der Waals surface area contributed by atoms with Crippen LogP contribution in [-0.2, 0) is 16.8 Å². The van der Waals surface area contributed by atoms with E-state index in [1.54, 1.807) is 0 Å². The van der Waals surface area contributed by atoms with Gasteiger partial charge >= 0.3 is 0 Å². The van der Waals surface area contributed by atoms with Crippen molar-refractivity contribution in [1.82, 2.24) is 10.6 Å². The molecule has 0 radical (unpaired) electrons. The van der Waals surface area contributed by atoms with Gasteiger partial charge in [-0.05, 0) is 43.9 Å². The van der Waals surface area contributed by atoms with Crippen LogP contribution < -0.4 is 10.6 Å². The van der Waals surface area contributed by atoms with Crippen LogP contribution in [0.3, 0.4) is 0 Å². The van der Waals surface area contributed by atoms with Crippen LogP contribution in [0.4, 0.5) is 0 Å². The second-order valence-electron chi connectivity index (χ2n) is 6.50. The van der Waals surface area contributed by atoms with E-state index in [9.17, 15) is 4.79 Å². The molecule has 1 saturated heterocycles. The van der Waals surface area contributed by atoms with Crippen LogP contribution in [0.15, 0.2) is 60.7 Å². The van der Waals surface area contributed by atoms with E-state index in [1.807, 2.05) is 36.4 Å². The van der Waals surface area contributed by atoms with Crippen molar-refractivity contribution in [3.8, 4) is 0 Å². The fourth-order valence-electron chi connectivity index (χ4n) is 3.30. The number of amides is 1. The summed E-state index contributed by atoms with van der Waals surface area (Å²) in [6.45, 7) is 3.04. The predicted octanol–water partition coefficient (Wildman–Crippen LogP) is 3.01. The molecule has 0 aliphatic carbocycles. The first-order chi connectivity index (χ1) is 11.2. The summed E-state index contributed by atoms with van der Waals surface area (Å²) in [6.07, 6.45) is 2.76. The summed E-state index contributed by atoms with van der Waals surface area (Å²) >= 11 is 0. The Labute approximate surface area is 138 Å². The molecular formula is C20H24N2O. The zero-order chi connectivity index (χ0) is 16.1. The van der Waals surface area contributed by atoms with Gasteiger partial charge in [0.25, 0.3) is 0 Å². The van der Waals surface area contributed by atoms with Gasteiger partial charge in [0.2, 0.25) is 5.91 Å². The molecule has 1 aliphatic rings. The van der Waals surface area contributed by atoms with Gasteiger partial charge in [0.15, 0.2) is 0 Å². The summed E-state index contributed by atoms with van der Waals surface area (Å²) in [5.74, 6) is 0.102. The molecule has 0 spiro atoms. The Morgan fingerprint density at radius 3 is 2.39 bits per heavy atom. The highest BCUT2D eigenvalue weighted by Gasteiger charge is 2.32. The minimum Gasteiger partial charge on any atom is -0.345 e. The molecule has 2 N–H and O–H groups in total. The maximum atomic E-state index is 12.7. The molecule has 3 nitrogen and oxygen atoms in total. The van der Waals surface area contributed by atoms with Gasteiger partial charge in [0, 0.05) is 0 Å². The zero-order valence-corrected chi connectivity index (χ0v) is 13.6. The number of benzene rings is 2. The standard InChI is InChI=1S/C20H24N2O/c1-20(17-11-6-3-7-12-17,15-16-9-4-2-5-10-16)22-19(23)18-13-8-14-21-18/h2-7,9-12,18,21H,8,13-15H2,1H3,(H,22,23)/t18-,20?/m0/s1. The monoisotopic (exact) mass is 308 g/mol. The first-order valence-corrected chi connectivity index (χ1v) is 8.32. The van der Waals surface area contributed by atoms with Gasteiger partial charge < -0.3 is 10.6 Å². The quantitative estimate of drug-likeness (QED) is 0.891. The first-order valence-electron chi connectivity index (χ1n) is 8.32. The number of hydrogen-bond acceptors (Lipinski definition) is 2. The summed E-state index contributed by atoms with van der Waals surface area (Å²) in [6, 6.07) is 20.5. The molecule has 0 bridgehead atoms. The summed E-state index contributed by atoms with van der Waals surface area (Å²) in [5, 5.41) is 6.58. The largest absolute Gasteiger partial charge is 0.345 e. The van der Waals surface area contributed by atoms with Crippen molar-refractivity contribution in [3.05, 3.63) is 71.8 Å². The lowest BCUT2D eigenvalue weighted by molar-refractivity contribution is -0.124. The lowest BCUT2D eigenvalue weighted by Gasteiger charge is -2.33. The van der Waals surface area contributed by atoms with Crippen molar-refractivity contribution in [2.24, 2.45) is 0 Å². The average Bonchev–Trinajstić information content (AvgIpc) is 3.11. The van der Waals surface area contributed by atoms with Crippen LogP contribution in [0.2, 0.25) is 0 Å². The van der Waals surface area contributed by atoms with E-state index in [-0.39, 0.29) is 11.9 Å². The topological polar surface area (TPSA) is 41.1 Å². The summed E-state index contributed by atoms with van der Waals surface area (Å²) in [4.78, 5) is 12.7. The highest BCUT2D eigenvalue weighted by Crippen LogP contribution is 2.26. The van der Waals surface area contributed by atoms with Crippen LogP contribution in [0.25, 0.3) is 0 Å².